The number of aliphatic imine (C=N–C) groups is 1. The molecule has 0 aromatic heterocycles. The fraction of sp³-hybridized carbons (Fsp3) is 0.474. The van der Waals surface area contributed by atoms with Crippen LogP contribution in [0.25, 0.3) is 0 Å². The summed E-state index contributed by atoms with van der Waals surface area (Å²) >= 11 is 0. The highest BCUT2D eigenvalue weighted by molar-refractivity contribution is 5.91. The van der Waals surface area contributed by atoms with Gasteiger partial charge >= 0.3 is 5.97 Å². The molecule has 2 aromatic rings. The average molecular weight is 633 g/mol. The Morgan fingerprint density at radius 3 is 2.48 bits per heavy atom. The smallest absolute Gasteiger partial charge is 0.335 e. The highest BCUT2D eigenvalue weighted by atomic mass is 19.1. The number of anilines is 1. The molecule has 1 heterocycles. The molecule has 2 aliphatic rings. The quantitative estimate of drug-likeness (QED) is 0.191. The molecule has 2 aromatic carbocycles. The minimum Gasteiger partial charge on any atom is -0.489 e. The molecule has 0 bridgehead atoms. The molecule has 1 aliphatic heterocycles. The van der Waals surface area contributed by atoms with Crippen molar-refractivity contribution in [3.8, 4) is 5.75 Å². The summed E-state index contributed by atoms with van der Waals surface area (Å²) < 4.78 is 21.3. The van der Waals surface area contributed by atoms with E-state index in [2.05, 4.69) is 66.0 Å². The highest BCUT2D eigenvalue weighted by Gasteiger charge is 2.18. The monoisotopic (exact) mass is 632 g/mol. The molecule has 0 amide bonds. The number of hydrogen-bond donors (Lipinski definition) is 2. The van der Waals surface area contributed by atoms with Crippen molar-refractivity contribution in [2.45, 2.75) is 79.6 Å². The molecule has 7 nitrogen and oxygen atoms in total. The van der Waals surface area contributed by atoms with E-state index in [1.807, 2.05) is 6.92 Å². The van der Waals surface area contributed by atoms with Gasteiger partial charge in [0.15, 0.2) is 0 Å². The minimum absolute atomic E-state index is 0.124. The first-order chi connectivity index (χ1) is 22.3. The van der Waals surface area contributed by atoms with E-state index in [0.29, 0.717) is 35.8 Å². The van der Waals surface area contributed by atoms with E-state index >= 15 is 4.39 Å². The molecule has 0 radical (unpaired) electrons. The summed E-state index contributed by atoms with van der Waals surface area (Å²) in [6.45, 7) is 15.9. The Hall–Kier alpha value is -4.07. The van der Waals surface area contributed by atoms with E-state index in [4.69, 9.17) is 4.74 Å². The van der Waals surface area contributed by atoms with Crippen LogP contribution < -0.4 is 10.1 Å². The topological polar surface area (TPSA) is 77.4 Å². The van der Waals surface area contributed by atoms with Crippen molar-refractivity contribution >= 4 is 23.6 Å². The summed E-state index contributed by atoms with van der Waals surface area (Å²) in [5, 5.41) is 12.6. The summed E-state index contributed by atoms with van der Waals surface area (Å²) in [5.74, 6) is -1.04. The van der Waals surface area contributed by atoms with Crippen LogP contribution in [0.3, 0.4) is 0 Å². The molecule has 0 saturated carbocycles. The van der Waals surface area contributed by atoms with Gasteiger partial charge in [0.25, 0.3) is 0 Å². The molecule has 46 heavy (non-hydrogen) atoms. The fourth-order valence-electron chi connectivity index (χ4n) is 5.32. The Balaban J connectivity index is 0.00000185. The van der Waals surface area contributed by atoms with Gasteiger partial charge in [-0.05, 0) is 86.7 Å². The lowest BCUT2D eigenvalue weighted by molar-refractivity contribution is 0.0697. The number of aromatic carboxylic acids is 1. The van der Waals surface area contributed by atoms with Crippen molar-refractivity contribution in [1.29, 1.82) is 0 Å². The van der Waals surface area contributed by atoms with Gasteiger partial charge in [-0.2, -0.15) is 0 Å². The number of carboxylic acid groups (broad SMARTS) is 1. The van der Waals surface area contributed by atoms with Gasteiger partial charge in [0, 0.05) is 68.4 Å². The first-order valence-corrected chi connectivity index (χ1v) is 17.0. The molecule has 2 N–H and O–H groups in total. The fourth-order valence-corrected chi connectivity index (χ4v) is 5.32. The zero-order chi connectivity index (χ0) is 33.3. The van der Waals surface area contributed by atoms with Gasteiger partial charge in [-0.1, -0.05) is 40.5 Å². The number of benzene rings is 2. The molecule has 0 spiro atoms. The third-order valence-corrected chi connectivity index (χ3v) is 7.80. The van der Waals surface area contributed by atoms with Crippen LogP contribution >= 0.6 is 0 Å². The number of halogens is 1. The molecule has 1 saturated heterocycles. The number of ether oxygens (including phenoxy) is 1. The summed E-state index contributed by atoms with van der Waals surface area (Å²) in [4.78, 5) is 20.8. The van der Waals surface area contributed by atoms with Crippen molar-refractivity contribution in [2.75, 3.05) is 44.6 Å². The van der Waals surface area contributed by atoms with Crippen LogP contribution in [-0.2, 0) is 0 Å². The second kappa shape index (κ2) is 19.4. The number of allylic oxidation sites excluding steroid dienone is 4. The number of carbonyl (C=O) groups is 1. The lowest BCUT2D eigenvalue weighted by Gasteiger charge is -2.26. The second-order valence-corrected chi connectivity index (χ2v) is 11.8. The number of unbranched alkanes of at least 4 members (excludes halogenated alkanes) is 1. The number of nitrogens with one attached hydrogen (secondary N) is 1. The zero-order valence-electron chi connectivity index (χ0n) is 28.4. The SMILES string of the molecule is CCC.CCCCN(CC)C1=CC=C(N2CCCC2)C=C(COc2ccc(C=Nc3cc(C(=O)O)ccc3NCCC)c(F)c2)C1. The number of hydrogen-bond acceptors (Lipinski definition) is 6. The predicted molar refractivity (Wildman–Crippen MR) is 189 cm³/mol. The summed E-state index contributed by atoms with van der Waals surface area (Å²) in [7, 11) is 0. The first-order valence-electron chi connectivity index (χ1n) is 17.0. The average Bonchev–Trinajstić information content (AvgIpc) is 3.51. The highest BCUT2D eigenvalue weighted by Crippen LogP contribution is 2.28. The van der Waals surface area contributed by atoms with Crippen LogP contribution in [0, 0.1) is 5.82 Å². The predicted octanol–water partition coefficient (Wildman–Crippen LogP) is 9.21. The molecule has 1 fully saturated rings. The third-order valence-electron chi connectivity index (χ3n) is 7.80. The molecule has 250 valence electrons. The molecule has 1 aliphatic carbocycles. The van der Waals surface area contributed by atoms with Gasteiger partial charge in [-0.15, -0.1) is 0 Å². The van der Waals surface area contributed by atoms with Crippen LogP contribution in [0.4, 0.5) is 15.8 Å². The van der Waals surface area contributed by atoms with E-state index in [1.54, 1.807) is 18.2 Å². The van der Waals surface area contributed by atoms with E-state index in [0.717, 1.165) is 57.4 Å². The van der Waals surface area contributed by atoms with Gasteiger partial charge in [0.1, 0.15) is 18.2 Å². The molecule has 0 unspecified atom stereocenters. The van der Waals surface area contributed by atoms with Gasteiger partial charge < -0.3 is 25.0 Å². The number of nitrogens with zero attached hydrogens (tertiary/aromatic N) is 3. The lowest BCUT2D eigenvalue weighted by atomic mass is 10.1. The minimum atomic E-state index is -1.04. The Morgan fingerprint density at radius 2 is 1.83 bits per heavy atom. The van der Waals surface area contributed by atoms with Crippen LogP contribution in [0.2, 0.25) is 0 Å². The Labute approximate surface area is 275 Å². The first kappa shape index (κ1) is 36.4. The van der Waals surface area contributed by atoms with Crippen LogP contribution in [0.1, 0.15) is 95.5 Å². The van der Waals surface area contributed by atoms with Crippen molar-refractivity contribution in [3.63, 3.8) is 0 Å². The Kier molecular flexibility index (Phi) is 15.4. The van der Waals surface area contributed by atoms with Gasteiger partial charge in [0.05, 0.1) is 16.9 Å². The Bertz CT molecular complexity index is 1390. The van der Waals surface area contributed by atoms with Gasteiger partial charge in [-0.3, -0.25) is 4.99 Å². The van der Waals surface area contributed by atoms with Crippen molar-refractivity contribution in [3.05, 3.63) is 88.5 Å². The molecule has 4 rings (SSSR count). The van der Waals surface area contributed by atoms with Crippen LogP contribution in [0.15, 0.2) is 76.6 Å². The van der Waals surface area contributed by atoms with Crippen LogP contribution in [0.5, 0.6) is 5.75 Å². The third kappa shape index (κ3) is 11.1. The molecule has 8 heteroatoms. The van der Waals surface area contributed by atoms with Crippen molar-refractivity contribution in [2.24, 2.45) is 4.99 Å². The summed E-state index contributed by atoms with van der Waals surface area (Å²) in [5.41, 5.74) is 5.23. The number of carboxylic acids is 1. The number of rotatable bonds is 15. The maximum Gasteiger partial charge on any atom is 0.335 e. The summed E-state index contributed by atoms with van der Waals surface area (Å²) in [6.07, 6.45) is 15.8. The normalized spacial score (nSPS) is 14.6. The van der Waals surface area contributed by atoms with E-state index < -0.39 is 11.8 Å². The maximum atomic E-state index is 15.2. The standard InChI is InChI=1S/C35H45FN4O3.C3H8/c1-4-7-17-39(6-3)29-12-13-30(40-18-8-9-19-40)21-26(20-29)25-43-31-14-10-28(32(36)23-31)24-38-34-22-27(35(41)42)11-15-33(34)37-16-5-2;1-3-2/h10-15,21-24,37H,4-9,16-20,25H2,1-3H3,(H,41,42);3H2,1-2H3. The molecular formula is C38H53FN4O3. The number of likely N-dealkylation sites (tertiary alicyclic amines) is 1. The van der Waals surface area contributed by atoms with Crippen LogP contribution in [-0.4, -0.2) is 66.4 Å². The largest absolute Gasteiger partial charge is 0.489 e. The van der Waals surface area contributed by atoms with E-state index in [-0.39, 0.29) is 5.56 Å². The lowest BCUT2D eigenvalue weighted by Crippen LogP contribution is -2.24. The van der Waals surface area contributed by atoms with E-state index in [1.165, 1.54) is 55.1 Å². The van der Waals surface area contributed by atoms with E-state index in [9.17, 15) is 9.90 Å². The maximum absolute atomic E-state index is 15.2. The van der Waals surface area contributed by atoms with Crippen molar-refractivity contribution in [1.82, 2.24) is 9.80 Å². The zero-order valence-corrected chi connectivity index (χ0v) is 28.4. The summed E-state index contributed by atoms with van der Waals surface area (Å²) in [6, 6.07) is 9.48. The second-order valence-electron chi connectivity index (χ2n) is 11.8. The van der Waals surface area contributed by atoms with Crippen molar-refractivity contribution < 1.29 is 19.0 Å². The Morgan fingerprint density at radius 1 is 1.07 bits per heavy atom. The van der Waals surface area contributed by atoms with Gasteiger partial charge in [-0.25, -0.2) is 9.18 Å². The molecular weight excluding hydrogens is 579 g/mol. The molecule has 0 atom stereocenters. The van der Waals surface area contributed by atoms with Gasteiger partial charge in [0.2, 0.25) is 0 Å².